The van der Waals surface area contributed by atoms with Crippen molar-refractivity contribution in [2.75, 3.05) is 26.7 Å². The molecule has 2 saturated heterocycles. The second-order valence-electron chi connectivity index (χ2n) is 7.41. The zero-order chi connectivity index (χ0) is 18.3. The van der Waals surface area contributed by atoms with Crippen LogP contribution >= 0.6 is 0 Å². The number of aromatic nitrogens is 2. The Kier molecular flexibility index (Phi) is 4.11. The van der Waals surface area contributed by atoms with E-state index in [0.717, 1.165) is 24.9 Å². The lowest BCUT2D eigenvalue weighted by atomic mass is 9.67. The molecule has 0 unspecified atom stereocenters. The van der Waals surface area contributed by atoms with Gasteiger partial charge in [0.15, 0.2) is 0 Å². The Labute approximate surface area is 152 Å². The lowest BCUT2D eigenvalue weighted by Crippen LogP contribution is -2.65. The molecule has 2 N–H and O–H groups in total. The molecule has 1 aromatic heterocycles. The van der Waals surface area contributed by atoms with Gasteiger partial charge >= 0.3 is 0 Å². The number of likely N-dealkylation sites (tertiary alicyclic amines) is 2. The summed E-state index contributed by atoms with van der Waals surface area (Å²) in [6.07, 6.45) is 5.51. The molecule has 2 amide bonds. The lowest BCUT2D eigenvalue weighted by molar-refractivity contribution is -0.138. The molecule has 136 valence electrons. The number of carbonyl (C=O) groups excluding carboxylic acids is 2. The summed E-state index contributed by atoms with van der Waals surface area (Å²) in [5, 5.41) is 0. The molecule has 2 aliphatic rings. The van der Waals surface area contributed by atoms with E-state index < -0.39 is 5.41 Å². The van der Waals surface area contributed by atoms with Crippen LogP contribution in [-0.4, -0.2) is 64.3 Å². The molecule has 1 aromatic carbocycles. The van der Waals surface area contributed by atoms with Crippen LogP contribution in [0.5, 0.6) is 0 Å². The van der Waals surface area contributed by atoms with Gasteiger partial charge in [0.2, 0.25) is 5.91 Å². The van der Waals surface area contributed by atoms with Crippen molar-refractivity contribution in [3.8, 4) is 0 Å². The van der Waals surface area contributed by atoms with E-state index >= 15 is 0 Å². The Morgan fingerprint density at radius 3 is 2.69 bits per heavy atom. The number of primary amides is 1. The SMILES string of the molecule is CN1CC[C@]2(C(N)=O)CCCN(C(=O)c3ccc4nccnc4c3)[C@H]2C1. The summed E-state index contributed by atoms with van der Waals surface area (Å²) in [4.78, 5) is 38.2. The molecule has 7 heteroatoms. The van der Waals surface area contributed by atoms with Crippen molar-refractivity contribution in [1.29, 1.82) is 0 Å². The number of nitrogens with zero attached hydrogens (tertiary/aromatic N) is 4. The molecular formula is C19H23N5O2. The van der Waals surface area contributed by atoms with Crippen molar-refractivity contribution in [2.24, 2.45) is 11.1 Å². The first-order valence-corrected chi connectivity index (χ1v) is 9.01. The summed E-state index contributed by atoms with van der Waals surface area (Å²) in [5.74, 6) is -0.347. The van der Waals surface area contributed by atoms with E-state index in [0.29, 0.717) is 30.6 Å². The first-order chi connectivity index (χ1) is 12.5. The molecule has 4 rings (SSSR count). The molecule has 0 spiro atoms. The number of benzene rings is 1. The topological polar surface area (TPSA) is 92.4 Å². The van der Waals surface area contributed by atoms with Gasteiger partial charge in [0.05, 0.1) is 22.5 Å². The van der Waals surface area contributed by atoms with Crippen LogP contribution < -0.4 is 5.73 Å². The second kappa shape index (κ2) is 6.32. The predicted molar refractivity (Wildman–Crippen MR) is 97.3 cm³/mol. The summed E-state index contributed by atoms with van der Waals surface area (Å²) in [5.41, 5.74) is 7.23. The number of carbonyl (C=O) groups is 2. The van der Waals surface area contributed by atoms with E-state index in [1.165, 1.54) is 0 Å². The fourth-order valence-electron chi connectivity index (χ4n) is 4.44. The molecule has 26 heavy (non-hydrogen) atoms. The summed E-state index contributed by atoms with van der Waals surface area (Å²) in [7, 11) is 2.02. The molecule has 0 aliphatic carbocycles. The van der Waals surface area contributed by atoms with Gasteiger partial charge in [-0.2, -0.15) is 0 Å². The van der Waals surface area contributed by atoms with Gasteiger partial charge in [-0.3, -0.25) is 19.6 Å². The first kappa shape index (κ1) is 16.9. The number of hydrogen-bond acceptors (Lipinski definition) is 5. The normalized spacial score (nSPS) is 26.5. The van der Waals surface area contributed by atoms with E-state index in [1.807, 2.05) is 18.0 Å². The van der Waals surface area contributed by atoms with Crippen molar-refractivity contribution in [3.63, 3.8) is 0 Å². The first-order valence-electron chi connectivity index (χ1n) is 9.01. The van der Waals surface area contributed by atoms with Gasteiger partial charge in [-0.25, -0.2) is 0 Å². The summed E-state index contributed by atoms with van der Waals surface area (Å²) < 4.78 is 0. The third-order valence-electron chi connectivity index (χ3n) is 5.93. The number of amides is 2. The van der Waals surface area contributed by atoms with Crippen molar-refractivity contribution >= 4 is 22.8 Å². The van der Waals surface area contributed by atoms with Crippen LogP contribution in [0.2, 0.25) is 0 Å². The summed E-state index contributed by atoms with van der Waals surface area (Å²) >= 11 is 0. The van der Waals surface area contributed by atoms with Gasteiger partial charge in [0.25, 0.3) is 5.91 Å². The molecule has 2 aliphatic heterocycles. The predicted octanol–water partition coefficient (Wildman–Crippen LogP) is 1.04. The molecule has 0 bridgehead atoms. The smallest absolute Gasteiger partial charge is 0.254 e. The quantitative estimate of drug-likeness (QED) is 0.871. The van der Waals surface area contributed by atoms with Gasteiger partial charge in [-0.05, 0) is 51.1 Å². The highest BCUT2D eigenvalue weighted by Gasteiger charge is 2.52. The van der Waals surface area contributed by atoms with Gasteiger partial charge in [-0.15, -0.1) is 0 Å². The van der Waals surface area contributed by atoms with Crippen LogP contribution in [0.4, 0.5) is 0 Å². The third-order valence-corrected chi connectivity index (χ3v) is 5.93. The van der Waals surface area contributed by atoms with Crippen molar-refractivity contribution in [2.45, 2.75) is 25.3 Å². The molecule has 2 fully saturated rings. The largest absolute Gasteiger partial charge is 0.369 e. The van der Waals surface area contributed by atoms with Gasteiger partial charge in [-0.1, -0.05) is 0 Å². The second-order valence-corrected chi connectivity index (χ2v) is 7.41. The fraction of sp³-hybridized carbons (Fsp3) is 0.474. The van der Waals surface area contributed by atoms with E-state index in [-0.39, 0.29) is 17.9 Å². The zero-order valence-corrected chi connectivity index (χ0v) is 14.9. The minimum atomic E-state index is -0.614. The van der Waals surface area contributed by atoms with Crippen LogP contribution in [-0.2, 0) is 4.79 Å². The molecule has 0 saturated carbocycles. The maximum Gasteiger partial charge on any atom is 0.254 e. The van der Waals surface area contributed by atoms with Gasteiger partial charge in [0, 0.05) is 31.0 Å². The van der Waals surface area contributed by atoms with Crippen LogP contribution in [0.15, 0.2) is 30.6 Å². The number of hydrogen-bond donors (Lipinski definition) is 1. The maximum atomic E-state index is 13.3. The average molecular weight is 353 g/mol. The fourth-order valence-corrected chi connectivity index (χ4v) is 4.44. The number of nitrogens with two attached hydrogens (primary N) is 1. The van der Waals surface area contributed by atoms with Crippen LogP contribution in [0, 0.1) is 5.41 Å². The standard InChI is InChI=1S/C19H23N5O2/c1-23-10-6-19(18(20)26)5-2-9-24(16(19)12-23)17(25)13-3-4-14-15(11-13)22-8-7-21-14/h3-4,7-8,11,16H,2,5-6,9-10,12H2,1H3,(H2,20,26)/t16-,19+/m0/s1. The molecule has 0 radical (unpaired) electrons. The zero-order valence-electron chi connectivity index (χ0n) is 14.9. The Bertz CT molecular complexity index is 870. The number of likely N-dealkylation sites (N-methyl/N-ethyl adjacent to an activating group) is 1. The van der Waals surface area contributed by atoms with Crippen LogP contribution in [0.3, 0.4) is 0 Å². The molecular weight excluding hydrogens is 330 g/mol. The van der Waals surface area contributed by atoms with Crippen molar-refractivity contribution < 1.29 is 9.59 Å². The highest BCUT2D eigenvalue weighted by Crippen LogP contribution is 2.42. The summed E-state index contributed by atoms with van der Waals surface area (Å²) in [6.45, 7) is 2.14. The minimum absolute atomic E-state index is 0.0665. The maximum absolute atomic E-state index is 13.3. The molecule has 2 atom stereocenters. The Balaban J connectivity index is 1.70. The Hall–Kier alpha value is -2.54. The van der Waals surface area contributed by atoms with Crippen molar-refractivity contribution in [3.05, 3.63) is 36.2 Å². The highest BCUT2D eigenvalue weighted by atomic mass is 16.2. The van der Waals surface area contributed by atoms with E-state index in [4.69, 9.17) is 5.73 Å². The number of fused-ring (bicyclic) bond motifs is 2. The van der Waals surface area contributed by atoms with Crippen molar-refractivity contribution in [1.82, 2.24) is 19.8 Å². The molecule has 3 heterocycles. The number of piperidine rings is 2. The van der Waals surface area contributed by atoms with E-state index in [9.17, 15) is 9.59 Å². The molecule has 2 aromatic rings. The van der Waals surface area contributed by atoms with E-state index in [2.05, 4.69) is 14.9 Å². The minimum Gasteiger partial charge on any atom is -0.369 e. The summed E-state index contributed by atoms with van der Waals surface area (Å²) in [6, 6.07) is 5.19. The van der Waals surface area contributed by atoms with Gasteiger partial charge < -0.3 is 15.5 Å². The van der Waals surface area contributed by atoms with Crippen LogP contribution in [0.25, 0.3) is 11.0 Å². The Morgan fingerprint density at radius 2 is 1.92 bits per heavy atom. The average Bonchev–Trinajstić information content (AvgIpc) is 2.66. The van der Waals surface area contributed by atoms with Gasteiger partial charge in [0.1, 0.15) is 0 Å². The molecule has 7 nitrogen and oxygen atoms in total. The van der Waals surface area contributed by atoms with Crippen LogP contribution in [0.1, 0.15) is 29.6 Å². The Morgan fingerprint density at radius 1 is 1.15 bits per heavy atom. The van der Waals surface area contributed by atoms with E-state index in [1.54, 1.807) is 24.5 Å². The number of rotatable bonds is 2. The lowest BCUT2D eigenvalue weighted by Gasteiger charge is -2.52. The monoisotopic (exact) mass is 353 g/mol. The third kappa shape index (κ3) is 2.63. The highest BCUT2D eigenvalue weighted by molar-refractivity contribution is 5.98.